The minimum absolute atomic E-state index is 0.870. The molecule has 0 saturated heterocycles. The molecule has 0 aliphatic rings. The van der Waals surface area contributed by atoms with Crippen LogP contribution in [0.1, 0.15) is 24.7 Å². The average molecular weight is 253 g/mol. The van der Waals surface area contributed by atoms with Crippen molar-refractivity contribution in [3.63, 3.8) is 0 Å². The standard InChI is InChI=1S/C14H27N3O/c1-5-6-17(8-7-16(3)4)11-14-9-13(10-15-2)12-18-14/h9,12,15H,5-8,10-11H2,1-4H3. The lowest BCUT2D eigenvalue weighted by atomic mass is 10.3. The fraction of sp³-hybridized carbons (Fsp3) is 0.714. The molecule has 1 aromatic rings. The van der Waals surface area contributed by atoms with Crippen molar-refractivity contribution in [3.8, 4) is 0 Å². The number of hydrogen-bond acceptors (Lipinski definition) is 4. The number of likely N-dealkylation sites (N-methyl/N-ethyl adjacent to an activating group) is 1. The number of furan rings is 1. The highest BCUT2D eigenvalue weighted by molar-refractivity contribution is 5.12. The van der Waals surface area contributed by atoms with Crippen LogP contribution in [-0.4, -0.2) is 50.6 Å². The Kier molecular flexibility index (Phi) is 7.01. The third-order valence-electron chi connectivity index (χ3n) is 2.87. The first-order valence-corrected chi connectivity index (χ1v) is 6.73. The van der Waals surface area contributed by atoms with Gasteiger partial charge in [-0.2, -0.15) is 0 Å². The van der Waals surface area contributed by atoms with Crippen molar-refractivity contribution in [2.45, 2.75) is 26.4 Å². The number of nitrogens with zero attached hydrogens (tertiary/aromatic N) is 2. The lowest BCUT2D eigenvalue weighted by molar-refractivity contribution is 0.218. The van der Waals surface area contributed by atoms with Crippen LogP contribution in [-0.2, 0) is 13.1 Å². The van der Waals surface area contributed by atoms with Gasteiger partial charge in [-0.1, -0.05) is 6.92 Å². The molecule has 1 heterocycles. The van der Waals surface area contributed by atoms with Gasteiger partial charge in [-0.3, -0.25) is 4.90 Å². The molecule has 0 bridgehead atoms. The maximum absolute atomic E-state index is 5.61. The summed E-state index contributed by atoms with van der Waals surface area (Å²) in [6.45, 7) is 7.29. The van der Waals surface area contributed by atoms with Crippen molar-refractivity contribution in [2.24, 2.45) is 0 Å². The molecular weight excluding hydrogens is 226 g/mol. The van der Waals surface area contributed by atoms with Crippen LogP contribution in [0.25, 0.3) is 0 Å². The molecular formula is C14H27N3O. The van der Waals surface area contributed by atoms with E-state index >= 15 is 0 Å². The van der Waals surface area contributed by atoms with E-state index in [1.165, 1.54) is 12.0 Å². The predicted octanol–water partition coefficient (Wildman–Crippen LogP) is 1.77. The zero-order valence-electron chi connectivity index (χ0n) is 12.2. The normalized spacial score (nSPS) is 11.7. The maximum Gasteiger partial charge on any atom is 0.118 e. The highest BCUT2D eigenvalue weighted by Gasteiger charge is 2.08. The summed E-state index contributed by atoms with van der Waals surface area (Å²) in [6.07, 6.45) is 3.03. The Hall–Kier alpha value is -0.840. The van der Waals surface area contributed by atoms with E-state index in [2.05, 4.69) is 42.2 Å². The van der Waals surface area contributed by atoms with E-state index in [1.807, 2.05) is 13.3 Å². The summed E-state index contributed by atoms with van der Waals surface area (Å²) in [5.74, 6) is 1.06. The molecule has 0 aliphatic carbocycles. The molecule has 0 fully saturated rings. The van der Waals surface area contributed by atoms with Crippen molar-refractivity contribution >= 4 is 0 Å². The highest BCUT2D eigenvalue weighted by Crippen LogP contribution is 2.10. The van der Waals surface area contributed by atoms with Gasteiger partial charge in [0.15, 0.2) is 0 Å². The fourth-order valence-electron chi connectivity index (χ4n) is 1.95. The first kappa shape index (κ1) is 15.2. The second-order valence-corrected chi connectivity index (χ2v) is 5.03. The predicted molar refractivity (Wildman–Crippen MR) is 75.6 cm³/mol. The van der Waals surface area contributed by atoms with E-state index in [9.17, 15) is 0 Å². The topological polar surface area (TPSA) is 31.6 Å². The van der Waals surface area contributed by atoms with Crippen LogP contribution in [0.3, 0.4) is 0 Å². The molecule has 1 aromatic heterocycles. The Morgan fingerprint density at radius 1 is 1.22 bits per heavy atom. The first-order valence-electron chi connectivity index (χ1n) is 6.73. The third-order valence-corrected chi connectivity index (χ3v) is 2.87. The van der Waals surface area contributed by atoms with Crippen LogP contribution < -0.4 is 5.32 Å². The Morgan fingerprint density at radius 3 is 2.61 bits per heavy atom. The molecule has 4 heteroatoms. The van der Waals surface area contributed by atoms with Crippen molar-refractivity contribution in [2.75, 3.05) is 40.8 Å². The van der Waals surface area contributed by atoms with Crippen LogP contribution in [0.5, 0.6) is 0 Å². The van der Waals surface area contributed by atoms with Crippen molar-refractivity contribution < 1.29 is 4.42 Å². The van der Waals surface area contributed by atoms with Crippen molar-refractivity contribution in [1.82, 2.24) is 15.1 Å². The molecule has 0 aliphatic heterocycles. The monoisotopic (exact) mass is 253 g/mol. The quantitative estimate of drug-likeness (QED) is 0.727. The zero-order valence-corrected chi connectivity index (χ0v) is 12.2. The second-order valence-electron chi connectivity index (χ2n) is 5.03. The van der Waals surface area contributed by atoms with Gasteiger partial charge in [0, 0.05) is 25.2 Å². The van der Waals surface area contributed by atoms with Crippen LogP contribution in [0.2, 0.25) is 0 Å². The SMILES string of the molecule is CCCN(CCN(C)C)Cc1cc(CNC)co1. The largest absolute Gasteiger partial charge is 0.468 e. The van der Waals surface area contributed by atoms with E-state index in [1.54, 1.807) is 0 Å². The minimum Gasteiger partial charge on any atom is -0.468 e. The van der Waals surface area contributed by atoms with Gasteiger partial charge in [-0.05, 0) is 40.2 Å². The van der Waals surface area contributed by atoms with E-state index < -0.39 is 0 Å². The molecule has 0 radical (unpaired) electrons. The van der Waals surface area contributed by atoms with E-state index in [0.29, 0.717) is 0 Å². The second kappa shape index (κ2) is 8.29. The molecule has 0 atom stereocenters. The van der Waals surface area contributed by atoms with Gasteiger partial charge in [-0.15, -0.1) is 0 Å². The lowest BCUT2D eigenvalue weighted by Gasteiger charge is -2.22. The van der Waals surface area contributed by atoms with Gasteiger partial charge in [0.25, 0.3) is 0 Å². The fourth-order valence-corrected chi connectivity index (χ4v) is 1.95. The van der Waals surface area contributed by atoms with Gasteiger partial charge in [0.2, 0.25) is 0 Å². The van der Waals surface area contributed by atoms with Crippen LogP contribution in [0.4, 0.5) is 0 Å². The number of hydrogen-bond donors (Lipinski definition) is 1. The van der Waals surface area contributed by atoms with E-state index in [4.69, 9.17) is 4.42 Å². The molecule has 1 N–H and O–H groups in total. The van der Waals surface area contributed by atoms with E-state index in [0.717, 1.165) is 38.5 Å². The molecule has 18 heavy (non-hydrogen) atoms. The summed E-state index contributed by atoms with van der Waals surface area (Å²) in [5, 5.41) is 3.14. The van der Waals surface area contributed by atoms with Gasteiger partial charge >= 0.3 is 0 Å². The van der Waals surface area contributed by atoms with Gasteiger partial charge in [0.1, 0.15) is 5.76 Å². The highest BCUT2D eigenvalue weighted by atomic mass is 16.3. The van der Waals surface area contributed by atoms with Crippen molar-refractivity contribution in [1.29, 1.82) is 0 Å². The molecule has 0 saturated carbocycles. The Balaban J connectivity index is 2.47. The summed E-state index contributed by atoms with van der Waals surface area (Å²) < 4.78 is 5.61. The molecule has 104 valence electrons. The molecule has 1 rings (SSSR count). The van der Waals surface area contributed by atoms with Crippen LogP contribution in [0, 0.1) is 0 Å². The van der Waals surface area contributed by atoms with Gasteiger partial charge in [0.05, 0.1) is 12.8 Å². The summed E-state index contributed by atoms with van der Waals surface area (Å²) >= 11 is 0. The maximum atomic E-state index is 5.61. The minimum atomic E-state index is 0.870. The Bertz CT molecular complexity index is 323. The molecule has 0 aromatic carbocycles. The van der Waals surface area contributed by atoms with Gasteiger partial charge < -0.3 is 14.6 Å². The Labute approximate surface area is 111 Å². The summed E-state index contributed by atoms with van der Waals surface area (Å²) in [7, 11) is 6.18. The molecule has 0 amide bonds. The van der Waals surface area contributed by atoms with Gasteiger partial charge in [-0.25, -0.2) is 0 Å². The molecule has 0 spiro atoms. The summed E-state index contributed by atoms with van der Waals surface area (Å²) in [4.78, 5) is 4.67. The average Bonchev–Trinajstić information content (AvgIpc) is 2.74. The first-order chi connectivity index (χ1) is 8.65. The Morgan fingerprint density at radius 2 is 2.00 bits per heavy atom. The summed E-state index contributed by atoms with van der Waals surface area (Å²) in [6, 6.07) is 2.15. The molecule has 4 nitrogen and oxygen atoms in total. The van der Waals surface area contributed by atoms with Crippen LogP contribution >= 0.6 is 0 Å². The molecule has 0 unspecified atom stereocenters. The number of nitrogens with one attached hydrogen (secondary N) is 1. The summed E-state index contributed by atoms with van der Waals surface area (Å²) in [5.41, 5.74) is 1.22. The van der Waals surface area contributed by atoms with Crippen LogP contribution in [0.15, 0.2) is 16.7 Å². The van der Waals surface area contributed by atoms with E-state index in [-0.39, 0.29) is 0 Å². The number of rotatable bonds is 9. The third kappa shape index (κ3) is 5.67. The lowest BCUT2D eigenvalue weighted by Crippen LogP contribution is -2.31. The van der Waals surface area contributed by atoms with Crippen molar-refractivity contribution in [3.05, 3.63) is 23.7 Å². The smallest absolute Gasteiger partial charge is 0.118 e. The zero-order chi connectivity index (χ0) is 13.4.